The summed E-state index contributed by atoms with van der Waals surface area (Å²) >= 11 is 1.39. The Bertz CT molecular complexity index is 1320. The van der Waals surface area contributed by atoms with Crippen LogP contribution in [0.5, 0.6) is 0 Å². The summed E-state index contributed by atoms with van der Waals surface area (Å²) in [5.41, 5.74) is 4.50. The first kappa shape index (κ1) is 22.0. The molecule has 0 fully saturated rings. The predicted octanol–water partition coefficient (Wildman–Crippen LogP) is 4.87. The van der Waals surface area contributed by atoms with E-state index in [0.29, 0.717) is 24.3 Å². The van der Waals surface area contributed by atoms with E-state index in [-0.39, 0.29) is 17.6 Å². The molecule has 0 radical (unpaired) electrons. The highest BCUT2D eigenvalue weighted by atomic mass is 32.2. The van der Waals surface area contributed by atoms with Crippen LogP contribution >= 0.6 is 11.8 Å². The van der Waals surface area contributed by atoms with Crippen LogP contribution in [0.15, 0.2) is 96.2 Å². The quantitative estimate of drug-likeness (QED) is 0.393. The molecule has 0 unspecified atom stereocenters. The average Bonchev–Trinajstić information content (AvgIpc) is 3.50. The van der Waals surface area contributed by atoms with Gasteiger partial charge in [0.25, 0.3) is 5.91 Å². The molecule has 1 N–H and O–H groups in total. The highest BCUT2D eigenvalue weighted by Crippen LogP contribution is 2.30. The van der Waals surface area contributed by atoms with Crippen LogP contribution in [0.1, 0.15) is 21.5 Å². The first-order valence-electron chi connectivity index (χ1n) is 11.2. The van der Waals surface area contributed by atoms with Gasteiger partial charge in [-0.05, 0) is 35.7 Å². The van der Waals surface area contributed by atoms with Crippen LogP contribution in [0.4, 0.5) is 11.4 Å². The number of aromatic nitrogens is 2. The molecule has 2 heterocycles. The van der Waals surface area contributed by atoms with Crippen LogP contribution < -0.4 is 10.2 Å². The van der Waals surface area contributed by atoms with Gasteiger partial charge in [0.2, 0.25) is 5.91 Å². The third-order valence-corrected chi connectivity index (χ3v) is 6.81. The normalized spacial score (nSPS) is 12.4. The molecule has 0 atom stereocenters. The summed E-state index contributed by atoms with van der Waals surface area (Å²) in [7, 11) is 0. The summed E-state index contributed by atoms with van der Waals surface area (Å²) in [5, 5.41) is 7.28. The van der Waals surface area contributed by atoms with Gasteiger partial charge >= 0.3 is 0 Å². The molecule has 0 aliphatic carbocycles. The number of rotatable bonds is 7. The van der Waals surface area contributed by atoms with E-state index in [9.17, 15) is 9.59 Å². The number of hydrogen-bond donors (Lipinski definition) is 1. The molecule has 1 aromatic heterocycles. The topological polar surface area (TPSA) is 67.2 Å². The van der Waals surface area contributed by atoms with Gasteiger partial charge in [0.05, 0.1) is 29.7 Å². The molecule has 170 valence electrons. The second kappa shape index (κ2) is 9.97. The van der Waals surface area contributed by atoms with E-state index in [2.05, 4.69) is 16.5 Å². The zero-order valence-electron chi connectivity index (χ0n) is 18.6. The number of amides is 2. The monoisotopic (exact) mass is 468 g/mol. The summed E-state index contributed by atoms with van der Waals surface area (Å²) in [5.74, 6) is 0.0989. The Morgan fingerprint density at radius 1 is 0.941 bits per heavy atom. The maximum absolute atomic E-state index is 13.0. The molecule has 1 aliphatic rings. The van der Waals surface area contributed by atoms with Crippen molar-refractivity contribution in [3.63, 3.8) is 0 Å². The molecule has 0 bridgehead atoms. The Morgan fingerprint density at radius 3 is 2.59 bits per heavy atom. The molecule has 7 heteroatoms. The standard InChI is InChI=1S/C27H24N4O2S/c32-26(31-15-14-21-10-4-6-12-24(21)31)19-34-25-13-7-5-11-23(25)27(33)29-22-16-28-30(18-22)17-20-8-2-1-3-9-20/h1-13,16,18H,14-15,17,19H2,(H,29,33). The maximum Gasteiger partial charge on any atom is 0.256 e. The van der Waals surface area contributed by atoms with Gasteiger partial charge in [-0.25, -0.2) is 0 Å². The van der Waals surface area contributed by atoms with Crippen molar-refractivity contribution in [3.8, 4) is 0 Å². The molecule has 1 aliphatic heterocycles. The molecule has 3 aromatic carbocycles. The molecule has 2 amide bonds. The van der Waals surface area contributed by atoms with E-state index >= 15 is 0 Å². The minimum atomic E-state index is -0.221. The fourth-order valence-corrected chi connectivity index (χ4v) is 5.00. The molecule has 6 nitrogen and oxygen atoms in total. The van der Waals surface area contributed by atoms with Crippen LogP contribution in [0.3, 0.4) is 0 Å². The lowest BCUT2D eigenvalue weighted by Crippen LogP contribution is -2.30. The van der Waals surface area contributed by atoms with Gasteiger partial charge in [-0.2, -0.15) is 5.10 Å². The van der Waals surface area contributed by atoms with Crippen molar-refractivity contribution in [2.45, 2.75) is 17.9 Å². The van der Waals surface area contributed by atoms with Crippen LogP contribution in [-0.4, -0.2) is 33.9 Å². The van der Waals surface area contributed by atoms with Crippen molar-refractivity contribution in [1.29, 1.82) is 0 Å². The van der Waals surface area contributed by atoms with Gasteiger partial charge < -0.3 is 10.2 Å². The number of carbonyl (C=O) groups excluding carboxylic acids is 2. The van der Waals surface area contributed by atoms with Crippen LogP contribution in [0.25, 0.3) is 0 Å². The minimum Gasteiger partial charge on any atom is -0.319 e. The lowest BCUT2D eigenvalue weighted by atomic mass is 10.2. The number of nitrogens with one attached hydrogen (secondary N) is 1. The van der Waals surface area contributed by atoms with Crippen LogP contribution in [-0.2, 0) is 17.8 Å². The van der Waals surface area contributed by atoms with Crippen LogP contribution in [0.2, 0.25) is 0 Å². The van der Waals surface area contributed by atoms with Gasteiger partial charge in [-0.15, -0.1) is 11.8 Å². The third-order valence-electron chi connectivity index (χ3n) is 5.75. The van der Waals surface area contributed by atoms with Crippen molar-refractivity contribution >= 4 is 35.0 Å². The Hall–Kier alpha value is -3.84. The molecule has 4 aromatic rings. The second-order valence-corrected chi connectivity index (χ2v) is 9.09. The van der Waals surface area contributed by atoms with Crippen molar-refractivity contribution < 1.29 is 9.59 Å². The van der Waals surface area contributed by atoms with Crippen LogP contribution in [0, 0.1) is 0 Å². The highest BCUT2D eigenvalue weighted by molar-refractivity contribution is 8.00. The van der Waals surface area contributed by atoms with E-state index in [4.69, 9.17) is 0 Å². The largest absolute Gasteiger partial charge is 0.319 e. The highest BCUT2D eigenvalue weighted by Gasteiger charge is 2.24. The Morgan fingerprint density at radius 2 is 1.71 bits per heavy atom. The summed E-state index contributed by atoms with van der Waals surface area (Å²) in [6, 6.07) is 25.4. The zero-order chi connectivity index (χ0) is 23.3. The molecule has 0 saturated carbocycles. The van der Waals surface area contributed by atoms with Gasteiger partial charge in [-0.1, -0.05) is 60.7 Å². The predicted molar refractivity (Wildman–Crippen MR) is 135 cm³/mol. The maximum atomic E-state index is 13.0. The van der Waals surface area contributed by atoms with Crippen molar-refractivity contribution in [3.05, 3.63) is 108 Å². The Balaban J connectivity index is 1.23. The number of benzene rings is 3. The summed E-state index contributed by atoms with van der Waals surface area (Å²) in [4.78, 5) is 28.5. The first-order chi connectivity index (χ1) is 16.7. The molecule has 34 heavy (non-hydrogen) atoms. The van der Waals surface area contributed by atoms with Gasteiger partial charge in [0.15, 0.2) is 0 Å². The van der Waals surface area contributed by atoms with Crippen molar-refractivity contribution in [1.82, 2.24) is 9.78 Å². The van der Waals surface area contributed by atoms with E-state index in [1.165, 1.54) is 17.3 Å². The fourth-order valence-electron chi connectivity index (χ4n) is 4.08. The number of hydrogen-bond acceptors (Lipinski definition) is 4. The summed E-state index contributed by atoms with van der Waals surface area (Å²) < 4.78 is 1.79. The zero-order valence-corrected chi connectivity index (χ0v) is 19.4. The summed E-state index contributed by atoms with van der Waals surface area (Å²) in [6.45, 7) is 1.33. The molecule has 0 saturated heterocycles. The van der Waals surface area contributed by atoms with E-state index in [1.54, 1.807) is 16.9 Å². The molecular formula is C27H24N4O2S. The summed E-state index contributed by atoms with van der Waals surface area (Å²) in [6.07, 6.45) is 4.34. The van der Waals surface area contributed by atoms with E-state index < -0.39 is 0 Å². The first-order valence-corrected chi connectivity index (χ1v) is 12.1. The smallest absolute Gasteiger partial charge is 0.256 e. The number of anilines is 2. The molecule has 5 rings (SSSR count). The number of fused-ring (bicyclic) bond motifs is 1. The molecular weight excluding hydrogens is 444 g/mol. The lowest BCUT2D eigenvalue weighted by molar-refractivity contribution is -0.116. The second-order valence-electron chi connectivity index (χ2n) is 8.08. The van der Waals surface area contributed by atoms with Crippen molar-refractivity contribution in [2.75, 3.05) is 22.5 Å². The number of nitrogens with zero attached hydrogens (tertiary/aromatic N) is 3. The Labute approximate surface area is 202 Å². The fraction of sp³-hybridized carbons (Fsp3) is 0.148. The lowest BCUT2D eigenvalue weighted by Gasteiger charge is -2.17. The number of carbonyl (C=O) groups is 2. The van der Waals surface area contributed by atoms with Gasteiger partial charge in [-0.3, -0.25) is 14.3 Å². The minimum absolute atomic E-state index is 0.0485. The van der Waals surface area contributed by atoms with E-state index in [1.807, 2.05) is 77.8 Å². The number of thioether (sulfide) groups is 1. The third kappa shape index (κ3) is 4.89. The van der Waals surface area contributed by atoms with Crippen molar-refractivity contribution in [2.24, 2.45) is 0 Å². The average molecular weight is 469 g/mol. The SMILES string of the molecule is O=C(Nc1cnn(Cc2ccccc2)c1)c1ccccc1SCC(=O)N1CCc2ccccc21. The Kier molecular flexibility index (Phi) is 6.44. The van der Waals surface area contributed by atoms with Gasteiger partial charge in [0.1, 0.15) is 0 Å². The van der Waals surface area contributed by atoms with Gasteiger partial charge in [0, 0.05) is 23.3 Å². The molecule has 0 spiro atoms. The number of para-hydroxylation sites is 1. The van der Waals surface area contributed by atoms with E-state index in [0.717, 1.165) is 22.6 Å².